The number of benzene rings is 3. The van der Waals surface area contributed by atoms with Crippen LogP contribution in [0.2, 0.25) is 0 Å². The van der Waals surface area contributed by atoms with Crippen molar-refractivity contribution in [1.82, 2.24) is 9.97 Å². The SMILES string of the molecule is c1ccc(CNc2nc(NC3Cc4ccccc4C3)nc3ccccc23)cc1. The lowest BCUT2D eigenvalue weighted by molar-refractivity contribution is 0.763. The third-order valence-corrected chi connectivity index (χ3v) is 5.29. The van der Waals surface area contributed by atoms with Crippen LogP contribution < -0.4 is 10.6 Å². The zero-order valence-corrected chi connectivity index (χ0v) is 15.6. The van der Waals surface area contributed by atoms with Crippen LogP contribution in [0.15, 0.2) is 78.9 Å². The lowest BCUT2D eigenvalue weighted by Crippen LogP contribution is -2.21. The van der Waals surface area contributed by atoms with E-state index in [9.17, 15) is 0 Å². The summed E-state index contributed by atoms with van der Waals surface area (Å²) in [6, 6.07) is 27.5. The average molecular weight is 366 g/mol. The molecule has 0 saturated heterocycles. The van der Waals surface area contributed by atoms with E-state index in [2.05, 4.69) is 65.2 Å². The van der Waals surface area contributed by atoms with Gasteiger partial charge in [0.2, 0.25) is 5.95 Å². The fraction of sp³-hybridized carbons (Fsp3) is 0.167. The minimum Gasteiger partial charge on any atom is -0.365 e. The molecule has 4 heteroatoms. The van der Waals surface area contributed by atoms with Crippen molar-refractivity contribution in [3.63, 3.8) is 0 Å². The molecule has 28 heavy (non-hydrogen) atoms. The summed E-state index contributed by atoms with van der Waals surface area (Å²) in [7, 11) is 0. The molecule has 0 amide bonds. The van der Waals surface area contributed by atoms with Crippen molar-refractivity contribution in [1.29, 1.82) is 0 Å². The van der Waals surface area contributed by atoms with Gasteiger partial charge in [-0.2, -0.15) is 4.98 Å². The minimum absolute atomic E-state index is 0.334. The molecule has 0 radical (unpaired) electrons. The number of anilines is 2. The van der Waals surface area contributed by atoms with Gasteiger partial charge in [0, 0.05) is 18.0 Å². The third-order valence-electron chi connectivity index (χ3n) is 5.29. The molecule has 4 aromatic rings. The fourth-order valence-corrected chi connectivity index (χ4v) is 3.90. The number of rotatable bonds is 5. The van der Waals surface area contributed by atoms with Crippen LogP contribution in [0.4, 0.5) is 11.8 Å². The van der Waals surface area contributed by atoms with Gasteiger partial charge < -0.3 is 10.6 Å². The summed E-state index contributed by atoms with van der Waals surface area (Å²) < 4.78 is 0. The van der Waals surface area contributed by atoms with Crippen LogP contribution in [0.3, 0.4) is 0 Å². The number of hydrogen-bond acceptors (Lipinski definition) is 4. The Hall–Kier alpha value is -3.40. The Kier molecular flexibility index (Phi) is 4.37. The number of nitrogens with one attached hydrogen (secondary N) is 2. The number of nitrogens with zero attached hydrogens (tertiary/aromatic N) is 2. The molecule has 3 aromatic carbocycles. The molecule has 1 aliphatic rings. The minimum atomic E-state index is 0.334. The van der Waals surface area contributed by atoms with Crippen molar-refractivity contribution < 1.29 is 0 Å². The molecule has 4 nitrogen and oxygen atoms in total. The van der Waals surface area contributed by atoms with Gasteiger partial charge in [0.1, 0.15) is 5.82 Å². The second-order valence-corrected chi connectivity index (χ2v) is 7.27. The molecule has 2 N–H and O–H groups in total. The Bertz CT molecular complexity index is 1080. The Morgan fingerprint density at radius 2 is 1.43 bits per heavy atom. The average Bonchev–Trinajstić information content (AvgIpc) is 3.15. The predicted molar refractivity (Wildman–Crippen MR) is 115 cm³/mol. The summed E-state index contributed by atoms with van der Waals surface area (Å²) in [6.45, 7) is 0.732. The van der Waals surface area contributed by atoms with Gasteiger partial charge in [-0.25, -0.2) is 4.98 Å². The molecule has 0 aliphatic heterocycles. The Balaban J connectivity index is 1.40. The van der Waals surface area contributed by atoms with E-state index in [-0.39, 0.29) is 0 Å². The molecular weight excluding hydrogens is 344 g/mol. The van der Waals surface area contributed by atoms with Gasteiger partial charge in [-0.3, -0.25) is 0 Å². The topological polar surface area (TPSA) is 49.8 Å². The Morgan fingerprint density at radius 3 is 2.21 bits per heavy atom. The first-order valence-electron chi connectivity index (χ1n) is 9.73. The van der Waals surface area contributed by atoms with Gasteiger partial charge in [0.05, 0.1) is 5.52 Å². The van der Waals surface area contributed by atoms with E-state index in [1.807, 2.05) is 24.3 Å². The zero-order valence-electron chi connectivity index (χ0n) is 15.6. The van der Waals surface area contributed by atoms with E-state index >= 15 is 0 Å². The maximum Gasteiger partial charge on any atom is 0.225 e. The lowest BCUT2D eigenvalue weighted by Gasteiger charge is -2.15. The van der Waals surface area contributed by atoms with E-state index in [0.717, 1.165) is 36.1 Å². The van der Waals surface area contributed by atoms with Crippen molar-refractivity contribution in [3.8, 4) is 0 Å². The fourth-order valence-electron chi connectivity index (χ4n) is 3.90. The maximum atomic E-state index is 4.81. The quantitative estimate of drug-likeness (QED) is 0.532. The molecular formula is C24H22N4. The van der Waals surface area contributed by atoms with Crippen LogP contribution in [0.25, 0.3) is 10.9 Å². The van der Waals surface area contributed by atoms with Crippen LogP contribution in [0.5, 0.6) is 0 Å². The summed E-state index contributed by atoms with van der Waals surface area (Å²) in [5.74, 6) is 1.56. The van der Waals surface area contributed by atoms with E-state index < -0.39 is 0 Å². The molecule has 0 atom stereocenters. The van der Waals surface area contributed by atoms with Gasteiger partial charge in [0.15, 0.2) is 0 Å². The number of fused-ring (bicyclic) bond motifs is 2. The van der Waals surface area contributed by atoms with Gasteiger partial charge in [-0.1, -0.05) is 66.7 Å². The van der Waals surface area contributed by atoms with Gasteiger partial charge in [-0.15, -0.1) is 0 Å². The molecule has 0 unspecified atom stereocenters. The van der Waals surface area contributed by atoms with Crippen LogP contribution in [0.1, 0.15) is 16.7 Å². The number of hydrogen-bond donors (Lipinski definition) is 2. The lowest BCUT2D eigenvalue weighted by atomic mass is 10.1. The third kappa shape index (κ3) is 3.41. The van der Waals surface area contributed by atoms with Crippen LogP contribution >= 0.6 is 0 Å². The highest BCUT2D eigenvalue weighted by Gasteiger charge is 2.21. The van der Waals surface area contributed by atoms with Gasteiger partial charge in [0.25, 0.3) is 0 Å². The normalized spacial score (nSPS) is 13.4. The molecule has 1 heterocycles. The maximum absolute atomic E-state index is 4.81. The highest BCUT2D eigenvalue weighted by Crippen LogP contribution is 2.26. The largest absolute Gasteiger partial charge is 0.365 e. The van der Waals surface area contributed by atoms with E-state index in [1.54, 1.807) is 0 Å². The van der Waals surface area contributed by atoms with Crippen molar-refractivity contribution in [2.24, 2.45) is 0 Å². The van der Waals surface area contributed by atoms with Gasteiger partial charge in [-0.05, 0) is 41.7 Å². The van der Waals surface area contributed by atoms with Crippen LogP contribution in [0, 0.1) is 0 Å². The molecule has 0 bridgehead atoms. The van der Waals surface area contributed by atoms with Crippen molar-refractivity contribution in [2.75, 3.05) is 10.6 Å². The zero-order chi connectivity index (χ0) is 18.8. The van der Waals surface area contributed by atoms with E-state index in [4.69, 9.17) is 9.97 Å². The second kappa shape index (κ2) is 7.31. The Morgan fingerprint density at radius 1 is 0.750 bits per heavy atom. The highest BCUT2D eigenvalue weighted by molar-refractivity contribution is 5.90. The molecule has 138 valence electrons. The summed E-state index contributed by atoms with van der Waals surface area (Å²) >= 11 is 0. The standard InChI is InChI=1S/C24H22N4/c1-2-8-17(9-3-1)16-25-23-21-12-6-7-13-22(21)27-24(28-23)26-20-14-18-10-4-5-11-19(18)15-20/h1-13,20H,14-16H2,(H2,25,26,27,28). The first-order chi connectivity index (χ1) is 13.8. The van der Waals surface area contributed by atoms with Gasteiger partial charge >= 0.3 is 0 Å². The Labute approximate surface area is 164 Å². The van der Waals surface area contributed by atoms with Crippen molar-refractivity contribution in [2.45, 2.75) is 25.4 Å². The van der Waals surface area contributed by atoms with Crippen molar-refractivity contribution in [3.05, 3.63) is 95.6 Å². The van der Waals surface area contributed by atoms with E-state index in [1.165, 1.54) is 16.7 Å². The monoisotopic (exact) mass is 366 g/mol. The first-order valence-corrected chi connectivity index (χ1v) is 9.73. The summed E-state index contributed by atoms with van der Waals surface area (Å²) in [5.41, 5.74) is 5.02. The summed E-state index contributed by atoms with van der Waals surface area (Å²) in [5, 5.41) is 8.09. The molecule has 0 saturated carbocycles. The molecule has 0 fully saturated rings. The molecule has 0 spiro atoms. The van der Waals surface area contributed by atoms with Crippen LogP contribution in [-0.4, -0.2) is 16.0 Å². The second-order valence-electron chi connectivity index (χ2n) is 7.27. The first kappa shape index (κ1) is 16.8. The summed E-state index contributed by atoms with van der Waals surface area (Å²) in [4.78, 5) is 9.56. The summed E-state index contributed by atoms with van der Waals surface area (Å²) in [6.07, 6.45) is 2.03. The van der Waals surface area contributed by atoms with Crippen molar-refractivity contribution >= 4 is 22.7 Å². The highest BCUT2D eigenvalue weighted by atomic mass is 15.2. The molecule has 5 rings (SSSR count). The molecule has 1 aromatic heterocycles. The van der Waals surface area contributed by atoms with Crippen LogP contribution in [-0.2, 0) is 19.4 Å². The predicted octanol–water partition coefficient (Wildman–Crippen LogP) is 4.82. The smallest absolute Gasteiger partial charge is 0.225 e. The molecule has 1 aliphatic carbocycles. The number of para-hydroxylation sites is 1. The number of aromatic nitrogens is 2. The van der Waals surface area contributed by atoms with E-state index in [0.29, 0.717) is 12.0 Å².